The van der Waals surface area contributed by atoms with Crippen LogP contribution in [0.4, 0.5) is 4.79 Å². The lowest BCUT2D eigenvalue weighted by atomic mass is 9.95. The Bertz CT molecular complexity index is 1120. The number of nitrogens with one attached hydrogen (secondary N) is 1. The molecule has 8 heteroatoms. The van der Waals surface area contributed by atoms with E-state index in [0.29, 0.717) is 37.4 Å². The second kappa shape index (κ2) is 7.59. The Hall–Kier alpha value is -3.03. The molecule has 0 bridgehead atoms. The predicted octanol–water partition coefficient (Wildman–Crippen LogP) is 2.46. The highest BCUT2D eigenvalue weighted by Gasteiger charge is 2.41. The highest BCUT2D eigenvalue weighted by Crippen LogP contribution is 2.33. The van der Waals surface area contributed by atoms with Gasteiger partial charge in [0.2, 0.25) is 0 Å². The quantitative estimate of drug-likeness (QED) is 0.757. The lowest BCUT2D eigenvalue weighted by Gasteiger charge is -2.25. The van der Waals surface area contributed by atoms with E-state index in [9.17, 15) is 14.4 Å². The van der Waals surface area contributed by atoms with Gasteiger partial charge in [0, 0.05) is 36.0 Å². The standard InChI is InChI=1S/C23H26N2O6/c1-14-18(7-6-16-15-4-2-5-17(15)21(27)30-20(14)16)29-12-19(26)25-10-3-8-23(9-11-25)13-24-22(28)31-23/h6-7H,2-5,8-13H2,1H3,(H,24,28). The third kappa shape index (κ3) is 3.54. The van der Waals surface area contributed by atoms with Crippen LogP contribution in [-0.4, -0.2) is 48.7 Å². The molecule has 1 atom stereocenters. The number of benzene rings is 1. The van der Waals surface area contributed by atoms with E-state index in [-0.39, 0.29) is 24.2 Å². The first-order chi connectivity index (χ1) is 15.0. The molecule has 1 spiro atoms. The Morgan fingerprint density at radius 2 is 2.00 bits per heavy atom. The largest absolute Gasteiger partial charge is 0.483 e. The van der Waals surface area contributed by atoms with Crippen LogP contribution in [0.3, 0.4) is 0 Å². The Morgan fingerprint density at radius 3 is 2.81 bits per heavy atom. The number of rotatable bonds is 3. The maximum atomic E-state index is 12.8. The molecule has 1 N–H and O–H groups in total. The van der Waals surface area contributed by atoms with Crippen molar-refractivity contribution in [3.63, 3.8) is 0 Å². The fourth-order valence-corrected chi connectivity index (χ4v) is 5.05. The van der Waals surface area contributed by atoms with Gasteiger partial charge in [0.25, 0.3) is 5.91 Å². The summed E-state index contributed by atoms with van der Waals surface area (Å²) in [4.78, 5) is 38.3. The summed E-state index contributed by atoms with van der Waals surface area (Å²) in [5.41, 5.74) is 2.38. The second-order valence-electron chi connectivity index (χ2n) is 8.71. The summed E-state index contributed by atoms with van der Waals surface area (Å²) in [6.45, 7) is 3.39. The molecule has 2 aromatic rings. The van der Waals surface area contributed by atoms with Crippen molar-refractivity contribution in [3.8, 4) is 5.75 Å². The van der Waals surface area contributed by atoms with E-state index in [1.807, 2.05) is 19.1 Å². The van der Waals surface area contributed by atoms with Crippen LogP contribution in [0.1, 0.15) is 42.4 Å². The fraction of sp³-hybridized carbons (Fsp3) is 0.522. The minimum absolute atomic E-state index is 0.0907. The van der Waals surface area contributed by atoms with Crippen molar-refractivity contribution < 1.29 is 23.5 Å². The number of hydrogen-bond donors (Lipinski definition) is 1. The van der Waals surface area contributed by atoms with Gasteiger partial charge >= 0.3 is 11.7 Å². The van der Waals surface area contributed by atoms with E-state index in [0.717, 1.165) is 54.2 Å². The summed E-state index contributed by atoms with van der Waals surface area (Å²) in [5.74, 6) is 0.436. The zero-order valence-electron chi connectivity index (χ0n) is 17.6. The zero-order valence-corrected chi connectivity index (χ0v) is 17.6. The molecular weight excluding hydrogens is 400 g/mol. The van der Waals surface area contributed by atoms with E-state index in [1.165, 1.54) is 0 Å². The molecule has 2 saturated heterocycles. The Balaban J connectivity index is 1.28. The smallest absolute Gasteiger partial charge is 0.407 e. The molecule has 1 aliphatic carbocycles. The maximum absolute atomic E-state index is 12.8. The number of carbonyl (C=O) groups excluding carboxylic acids is 2. The molecule has 5 rings (SSSR count). The third-order valence-electron chi connectivity index (χ3n) is 6.81. The van der Waals surface area contributed by atoms with Crippen LogP contribution in [-0.2, 0) is 22.4 Å². The van der Waals surface area contributed by atoms with E-state index >= 15 is 0 Å². The summed E-state index contributed by atoms with van der Waals surface area (Å²) in [6.07, 6.45) is 4.37. The van der Waals surface area contributed by atoms with Gasteiger partial charge < -0.3 is 24.1 Å². The minimum Gasteiger partial charge on any atom is -0.483 e. The van der Waals surface area contributed by atoms with Crippen molar-refractivity contribution in [2.45, 2.75) is 51.0 Å². The number of likely N-dealkylation sites (tertiary alicyclic amines) is 1. The Kier molecular flexibility index (Phi) is 4.87. The van der Waals surface area contributed by atoms with Crippen LogP contribution in [0.15, 0.2) is 21.3 Å². The first-order valence-corrected chi connectivity index (χ1v) is 10.9. The van der Waals surface area contributed by atoms with E-state index in [2.05, 4.69) is 5.32 Å². The number of ether oxygens (including phenoxy) is 2. The molecule has 0 radical (unpaired) electrons. The van der Waals surface area contributed by atoms with Gasteiger partial charge in [0.1, 0.15) is 16.9 Å². The fourth-order valence-electron chi connectivity index (χ4n) is 5.05. The lowest BCUT2D eigenvalue weighted by Crippen LogP contribution is -2.38. The normalized spacial score (nSPS) is 22.9. The van der Waals surface area contributed by atoms with Crippen molar-refractivity contribution in [2.24, 2.45) is 0 Å². The first-order valence-electron chi connectivity index (χ1n) is 10.9. The van der Waals surface area contributed by atoms with E-state index < -0.39 is 5.60 Å². The summed E-state index contributed by atoms with van der Waals surface area (Å²) in [6, 6.07) is 3.77. The molecular formula is C23H26N2O6. The Morgan fingerprint density at radius 1 is 1.16 bits per heavy atom. The molecule has 3 heterocycles. The predicted molar refractivity (Wildman–Crippen MR) is 112 cm³/mol. The van der Waals surface area contributed by atoms with Crippen LogP contribution in [0.25, 0.3) is 11.0 Å². The Labute approximate surface area is 179 Å². The van der Waals surface area contributed by atoms with Crippen molar-refractivity contribution in [1.82, 2.24) is 10.2 Å². The highest BCUT2D eigenvalue weighted by molar-refractivity contribution is 5.86. The van der Waals surface area contributed by atoms with Gasteiger partial charge in [0.15, 0.2) is 6.61 Å². The summed E-state index contributed by atoms with van der Waals surface area (Å²) in [7, 11) is 0. The SMILES string of the molecule is Cc1c(OCC(=O)N2CCCC3(CC2)CNC(=O)O3)ccc2c3c(c(=O)oc12)CCC3. The zero-order chi connectivity index (χ0) is 21.6. The van der Waals surface area contributed by atoms with E-state index in [1.54, 1.807) is 4.90 Å². The van der Waals surface area contributed by atoms with Gasteiger partial charge in [-0.2, -0.15) is 0 Å². The number of aryl methyl sites for hydroxylation is 2. The van der Waals surface area contributed by atoms with Crippen LogP contribution >= 0.6 is 0 Å². The minimum atomic E-state index is -0.500. The topological polar surface area (TPSA) is 98.1 Å². The number of nitrogens with zero attached hydrogens (tertiary/aromatic N) is 1. The monoisotopic (exact) mass is 426 g/mol. The van der Waals surface area contributed by atoms with Crippen molar-refractivity contribution in [2.75, 3.05) is 26.2 Å². The number of hydrogen-bond acceptors (Lipinski definition) is 6. The molecule has 164 valence electrons. The van der Waals surface area contributed by atoms with E-state index in [4.69, 9.17) is 13.9 Å². The average Bonchev–Trinajstić information content (AvgIpc) is 3.32. The first kappa shape index (κ1) is 19.9. The average molecular weight is 426 g/mol. The number of alkyl carbamates (subject to hydrolysis) is 1. The molecule has 8 nitrogen and oxygen atoms in total. The van der Waals surface area contributed by atoms with Crippen LogP contribution < -0.4 is 15.7 Å². The van der Waals surface area contributed by atoms with Crippen LogP contribution in [0.2, 0.25) is 0 Å². The summed E-state index contributed by atoms with van der Waals surface area (Å²) >= 11 is 0. The molecule has 2 aliphatic heterocycles. The molecule has 1 aromatic carbocycles. The number of carbonyl (C=O) groups is 2. The second-order valence-corrected chi connectivity index (χ2v) is 8.71. The van der Waals surface area contributed by atoms with Gasteiger partial charge in [-0.05, 0) is 56.7 Å². The van der Waals surface area contributed by atoms with Gasteiger partial charge in [0.05, 0.1) is 6.54 Å². The molecule has 31 heavy (non-hydrogen) atoms. The van der Waals surface area contributed by atoms with Gasteiger partial charge in [-0.15, -0.1) is 0 Å². The molecule has 0 saturated carbocycles. The summed E-state index contributed by atoms with van der Waals surface area (Å²) < 4.78 is 16.9. The van der Waals surface area contributed by atoms with Crippen LogP contribution in [0, 0.1) is 6.92 Å². The molecule has 3 aliphatic rings. The maximum Gasteiger partial charge on any atom is 0.407 e. The molecule has 1 aromatic heterocycles. The lowest BCUT2D eigenvalue weighted by molar-refractivity contribution is -0.133. The number of amides is 2. The van der Waals surface area contributed by atoms with Crippen molar-refractivity contribution in [1.29, 1.82) is 0 Å². The van der Waals surface area contributed by atoms with Crippen molar-refractivity contribution in [3.05, 3.63) is 39.2 Å². The van der Waals surface area contributed by atoms with Crippen LogP contribution in [0.5, 0.6) is 5.75 Å². The van der Waals surface area contributed by atoms with Gasteiger partial charge in [-0.1, -0.05) is 0 Å². The third-order valence-corrected chi connectivity index (χ3v) is 6.81. The van der Waals surface area contributed by atoms with Gasteiger partial charge in [-0.3, -0.25) is 4.79 Å². The summed E-state index contributed by atoms with van der Waals surface area (Å²) in [5, 5.41) is 3.68. The molecule has 1 unspecified atom stereocenters. The molecule has 2 fully saturated rings. The molecule has 2 amide bonds. The highest BCUT2D eigenvalue weighted by atomic mass is 16.6. The number of fused-ring (bicyclic) bond motifs is 3. The van der Waals surface area contributed by atoms with Crippen molar-refractivity contribution >= 4 is 23.0 Å². The van der Waals surface area contributed by atoms with Gasteiger partial charge in [-0.25, -0.2) is 9.59 Å².